The van der Waals surface area contributed by atoms with Crippen molar-refractivity contribution in [3.8, 4) is 0 Å². The molecule has 0 spiro atoms. The molecule has 0 N–H and O–H groups in total. The molecule has 0 aliphatic heterocycles. The van der Waals surface area contributed by atoms with Gasteiger partial charge in [0, 0.05) is 0 Å². The molecule has 0 heterocycles. The van der Waals surface area contributed by atoms with Crippen LogP contribution >= 0.6 is 0 Å². The lowest BCUT2D eigenvalue weighted by atomic mass is 10.00. The summed E-state index contributed by atoms with van der Waals surface area (Å²) in [6, 6.07) is 0. The normalized spacial score (nSPS) is 12.6. The van der Waals surface area contributed by atoms with Crippen molar-refractivity contribution in [1.29, 1.82) is 0 Å². The number of ether oxygens (including phenoxy) is 5. The van der Waals surface area contributed by atoms with Gasteiger partial charge in [-0.15, -0.1) is 0 Å². The Kier molecular flexibility index (Phi) is 15.1. The Hall–Kier alpha value is -1.18. The van der Waals surface area contributed by atoms with Crippen molar-refractivity contribution in [3.05, 3.63) is 0 Å². The van der Waals surface area contributed by atoms with Crippen LogP contribution < -0.4 is 0 Å². The summed E-state index contributed by atoms with van der Waals surface area (Å²) in [4.78, 5) is 23.3. The summed E-state index contributed by atoms with van der Waals surface area (Å²) >= 11 is 0. The molecule has 0 amide bonds. The van der Waals surface area contributed by atoms with Gasteiger partial charge in [-0.1, -0.05) is 26.7 Å². The number of esters is 2. The highest BCUT2D eigenvalue weighted by atomic mass is 16.6. The van der Waals surface area contributed by atoms with E-state index in [2.05, 4.69) is 6.92 Å². The first-order valence-corrected chi connectivity index (χ1v) is 9.91. The quantitative estimate of drug-likeness (QED) is 0.296. The van der Waals surface area contributed by atoms with Gasteiger partial charge in [-0.25, -0.2) is 4.79 Å². The van der Waals surface area contributed by atoms with E-state index in [1.807, 2.05) is 27.7 Å². The molecule has 0 saturated heterocycles. The highest BCUT2D eigenvalue weighted by Gasteiger charge is 2.17. The molecule has 1 atom stereocenters. The van der Waals surface area contributed by atoms with Crippen LogP contribution in [0.4, 0.5) is 0 Å². The highest BCUT2D eigenvalue weighted by Crippen LogP contribution is 2.14. The van der Waals surface area contributed by atoms with E-state index in [1.165, 1.54) is 0 Å². The fourth-order valence-corrected chi connectivity index (χ4v) is 2.22. The monoisotopic (exact) mass is 390 g/mol. The Morgan fingerprint density at radius 1 is 0.852 bits per heavy atom. The Morgan fingerprint density at radius 3 is 1.93 bits per heavy atom. The van der Waals surface area contributed by atoms with Crippen LogP contribution in [0.15, 0.2) is 0 Å². The molecule has 0 rings (SSSR count). The first-order valence-electron chi connectivity index (χ1n) is 9.91. The zero-order chi connectivity index (χ0) is 20.5. The van der Waals surface area contributed by atoms with Crippen molar-refractivity contribution < 1.29 is 33.3 Å². The number of carbonyl (C=O) groups excluding carboxylic acids is 2. The number of unbranched alkanes of at least 4 members (excludes halogenated alkanes) is 1. The van der Waals surface area contributed by atoms with E-state index in [0.29, 0.717) is 33.0 Å². The first-order chi connectivity index (χ1) is 12.8. The molecule has 7 nitrogen and oxygen atoms in total. The first kappa shape index (κ1) is 25.8. The second-order valence-corrected chi connectivity index (χ2v) is 7.28. The highest BCUT2D eigenvalue weighted by molar-refractivity contribution is 5.72. The molecule has 0 aromatic carbocycles. The smallest absolute Gasteiger partial charge is 0.332 e. The minimum absolute atomic E-state index is 0.00559. The Morgan fingerprint density at radius 2 is 1.41 bits per heavy atom. The minimum Gasteiger partial charge on any atom is -0.463 e. The maximum absolute atomic E-state index is 11.9. The van der Waals surface area contributed by atoms with E-state index in [9.17, 15) is 9.59 Å². The minimum atomic E-state index is -0.504. The van der Waals surface area contributed by atoms with Gasteiger partial charge in [0.25, 0.3) is 0 Å². The number of rotatable bonds is 16. The summed E-state index contributed by atoms with van der Waals surface area (Å²) in [5.74, 6) is -0.526. The van der Waals surface area contributed by atoms with E-state index in [4.69, 9.17) is 23.7 Å². The van der Waals surface area contributed by atoms with Crippen molar-refractivity contribution in [1.82, 2.24) is 0 Å². The number of carbonyl (C=O) groups is 2. The third kappa shape index (κ3) is 16.7. The molecular formula is C20H38O7. The Labute approximate surface area is 164 Å². The Balaban J connectivity index is 3.45. The molecule has 0 aromatic heterocycles. The van der Waals surface area contributed by atoms with Gasteiger partial charge in [0.05, 0.1) is 39.0 Å². The topological polar surface area (TPSA) is 80.3 Å². The van der Waals surface area contributed by atoms with Crippen LogP contribution in [-0.4, -0.2) is 63.8 Å². The third-order valence-electron chi connectivity index (χ3n) is 3.59. The van der Waals surface area contributed by atoms with E-state index in [-0.39, 0.29) is 31.1 Å². The lowest BCUT2D eigenvalue weighted by Crippen LogP contribution is -2.27. The van der Waals surface area contributed by atoms with Crippen molar-refractivity contribution in [3.63, 3.8) is 0 Å². The van der Waals surface area contributed by atoms with Crippen molar-refractivity contribution in [2.75, 3.05) is 46.2 Å². The summed E-state index contributed by atoms with van der Waals surface area (Å²) in [7, 11) is 0. The fourth-order valence-electron chi connectivity index (χ4n) is 2.22. The molecule has 0 aromatic rings. The molecule has 27 heavy (non-hydrogen) atoms. The summed E-state index contributed by atoms with van der Waals surface area (Å²) in [6.45, 7) is 11.6. The third-order valence-corrected chi connectivity index (χ3v) is 3.59. The maximum atomic E-state index is 11.9. The fraction of sp³-hybridized carbons (Fsp3) is 0.900. The lowest BCUT2D eigenvalue weighted by molar-refractivity contribution is -0.160. The van der Waals surface area contributed by atoms with Gasteiger partial charge in [-0.2, -0.15) is 0 Å². The molecular weight excluding hydrogens is 352 g/mol. The standard InChI is InChI=1S/C20H38O7/c1-6-8-9-17(7-2)19(22)26-15-14-24-11-10-23-12-13-25-16-18(21)27-20(3,4)5/h17H,6-16H2,1-5H3. The average Bonchev–Trinajstić information content (AvgIpc) is 2.58. The molecule has 0 aliphatic carbocycles. The largest absolute Gasteiger partial charge is 0.463 e. The average molecular weight is 391 g/mol. The van der Waals surface area contributed by atoms with Crippen molar-refractivity contribution in [2.24, 2.45) is 5.92 Å². The molecule has 0 bridgehead atoms. The van der Waals surface area contributed by atoms with Crippen LogP contribution in [0.1, 0.15) is 60.3 Å². The van der Waals surface area contributed by atoms with Gasteiger partial charge in [0.15, 0.2) is 0 Å². The lowest BCUT2D eigenvalue weighted by Gasteiger charge is -2.19. The van der Waals surface area contributed by atoms with Crippen LogP contribution in [0, 0.1) is 5.92 Å². The molecule has 0 radical (unpaired) electrons. The van der Waals surface area contributed by atoms with Crippen LogP contribution in [0.3, 0.4) is 0 Å². The van der Waals surface area contributed by atoms with Crippen molar-refractivity contribution in [2.45, 2.75) is 65.9 Å². The zero-order valence-electron chi connectivity index (χ0n) is 17.7. The summed E-state index contributed by atoms with van der Waals surface area (Å²) in [6.07, 6.45) is 3.82. The van der Waals surface area contributed by atoms with Crippen molar-refractivity contribution >= 4 is 11.9 Å². The summed E-state index contributed by atoms with van der Waals surface area (Å²) in [5, 5.41) is 0. The van der Waals surface area contributed by atoms with Crippen LogP contribution in [-0.2, 0) is 33.3 Å². The van der Waals surface area contributed by atoms with Gasteiger partial charge in [0.1, 0.15) is 18.8 Å². The number of hydrogen-bond donors (Lipinski definition) is 0. The molecule has 0 aliphatic rings. The van der Waals surface area contributed by atoms with Crippen LogP contribution in [0.25, 0.3) is 0 Å². The predicted octanol–water partition coefficient (Wildman–Crippen LogP) is 3.14. The molecule has 7 heteroatoms. The molecule has 0 saturated carbocycles. The van der Waals surface area contributed by atoms with Gasteiger partial charge in [-0.3, -0.25) is 4.79 Å². The number of hydrogen-bond acceptors (Lipinski definition) is 7. The van der Waals surface area contributed by atoms with E-state index < -0.39 is 5.60 Å². The summed E-state index contributed by atoms with van der Waals surface area (Å²) in [5.41, 5.74) is -0.504. The second-order valence-electron chi connectivity index (χ2n) is 7.28. The van der Waals surface area contributed by atoms with E-state index in [0.717, 1.165) is 25.7 Å². The molecule has 1 unspecified atom stereocenters. The zero-order valence-corrected chi connectivity index (χ0v) is 17.7. The van der Waals surface area contributed by atoms with Crippen LogP contribution in [0.5, 0.6) is 0 Å². The predicted molar refractivity (Wildman–Crippen MR) is 103 cm³/mol. The van der Waals surface area contributed by atoms with E-state index in [1.54, 1.807) is 0 Å². The molecule has 160 valence electrons. The van der Waals surface area contributed by atoms with Gasteiger partial charge >= 0.3 is 11.9 Å². The molecule has 0 fully saturated rings. The van der Waals surface area contributed by atoms with Gasteiger partial charge in [-0.05, 0) is 33.6 Å². The van der Waals surface area contributed by atoms with Gasteiger partial charge in [0.2, 0.25) is 0 Å². The Bertz CT molecular complexity index is 390. The second kappa shape index (κ2) is 15.8. The summed E-state index contributed by atoms with van der Waals surface area (Å²) < 4.78 is 26.2. The van der Waals surface area contributed by atoms with Crippen LogP contribution in [0.2, 0.25) is 0 Å². The van der Waals surface area contributed by atoms with Gasteiger partial charge < -0.3 is 23.7 Å². The SMILES string of the molecule is CCCCC(CC)C(=O)OCCOCCOCCOCC(=O)OC(C)(C)C. The maximum Gasteiger partial charge on any atom is 0.332 e. The van der Waals surface area contributed by atoms with E-state index >= 15 is 0 Å².